The second kappa shape index (κ2) is 5.04. The molecule has 0 bridgehead atoms. The summed E-state index contributed by atoms with van der Waals surface area (Å²) in [4.78, 5) is 15.8. The highest BCUT2D eigenvalue weighted by Gasteiger charge is 2.32. The van der Waals surface area contributed by atoms with Crippen molar-refractivity contribution in [1.29, 1.82) is 0 Å². The number of rotatable bonds is 3. The Hall–Kier alpha value is -2.10. The van der Waals surface area contributed by atoms with Crippen LogP contribution in [0.3, 0.4) is 0 Å². The van der Waals surface area contributed by atoms with Gasteiger partial charge in [0.15, 0.2) is 6.10 Å². The van der Waals surface area contributed by atoms with Gasteiger partial charge in [0.2, 0.25) is 0 Å². The number of hydrogen-bond acceptors (Lipinski definition) is 4. The minimum atomic E-state index is -0.575. The molecule has 0 unspecified atom stereocenters. The van der Waals surface area contributed by atoms with E-state index in [2.05, 4.69) is 4.99 Å². The first-order chi connectivity index (χ1) is 8.59. The van der Waals surface area contributed by atoms with Crippen LogP contribution in [0.15, 0.2) is 46.7 Å². The number of esters is 1. The number of aliphatic imine (C=N–C) groups is 1. The first kappa shape index (κ1) is 12.4. The van der Waals surface area contributed by atoms with E-state index in [9.17, 15) is 9.90 Å². The molecular weight excluding hydrogens is 230 g/mol. The number of benzene rings is 1. The number of cyclic esters (lactones) is 1. The smallest absolute Gasteiger partial charge is 0.344 e. The summed E-state index contributed by atoms with van der Waals surface area (Å²) in [5.74, 6) is -0.538. The molecule has 2 rings (SSSR count). The Morgan fingerprint density at radius 2 is 2.06 bits per heavy atom. The van der Waals surface area contributed by atoms with E-state index in [0.29, 0.717) is 12.3 Å². The zero-order chi connectivity index (χ0) is 13.1. The fourth-order valence-electron chi connectivity index (χ4n) is 1.79. The molecule has 1 N–H and O–H groups in total. The average Bonchev–Trinajstić information content (AvgIpc) is 2.62. The van der Waals surface area contributed by atoms with E-state index in [-0.39, 0.29) is 11.3 Å². The predicted molar refractivity (Wildman–Crippen MR) is 68.5 cm³/mol. The Morgan fingerprint density at radius 3 is 2.61 bits per heavy atom. The van der Waals surface area contributed by atoms with Gasteiger partial charge in [0, 0.05) is 0 Å². The van der Waals surface area contributed by atoms with E-state index in [1.54, 1.807) is 13.8 Å². The Labute approximate surface area is 106 Å². The third-order valence-electron chi connectivity index (χ3n) is 2.83. The van der Waals surface area contributed by atoms with Gasteiger partial charge >= 0.3 is 5.97 Å². The van der Waals surface area contributed by atoms with Gasteiger partial charge in [-0.3, -0.25) is 4.99 Å². The molecule has 94 valence electrons. The van der Waals surface area contributed by atoms with Gasteiger partial charge in [-0.1, -0.05) is 30.3 Å². The summed E-state index contributed by atoms with van der Waals surface area (Å²) in [5, 5.41) is 9.75. The van der Waals surface area contributed by atoms with Crippen molar-refractivity contribution in [3.8, 4) is 0 Å². The number of ether oxygens (including phenoxy) is 1. The van der Waals surface area contributed by atoms with Crippen molar-refractivity contribution in [3.05, 3.63) is 47.2 Å². The third kappa shape index (κ3) is 2.42. The van der Waals surface area contributed by atoms with Crippen molar-refractivity contribution in [2.75, 3.05) is 0 Å². The average molecular weight is 245 g/mol. The van der Waals surface area contributed by atoms with Crippen LogP contribution in [-0.2, 0) is 16.1 Å². The van der Waals surface area contributed by atoms with Gasteiger partial charge in [0.1, 0.15) is 11.3 Å². The highest BCUT2D eigenvalue weighted by molar-refractivity contribution is 6.20. The fraction of sp³-hybridized carbons (Fsp3) is 0.286. The van der Waals surface area contributed by atoms with Gasteiger partial charge in [-0.25, -0.2) is 4.79 Å². The van der Waals surface area contributed by atoms with E-state index in [1.165, 1.54) is 0 Å². The van der Waals surface area contributed by atoms with Crippen LogP contribution in [0.1, 0.15) is 19.4 Å². The lowest BCUT2D eigenvalue weighted by Gasteiger charge is -2.00. The number of hydrogen-bond donors (Lipinski definition) is 1. The highest BCUT2D eigenvalue weighted by atomic mass is 16.6. The number of aliphatic hydroxyl groups excluding tert-OH is 1. The Kier molecular flexibility index (Phi) is 3.46. The predicted octanol–water partition coefficient (Wildman–Crippen LogP) is 2.40. The summed E-state index contributed by atoms with van der Waals surface area (Å²) in [6.45, 7) is 3.81. The SMILES string of the molecule is CC(=NCc1ccccc1)C1=C(O)[C@@H](C)OC1=O. The number of carbonyl (C=O) groups excluding carboxylic acids is 1. The molecule has 1 heterocycles. The molecule has 0 amide bonds. The van der Waals surface area contributed by atoms with E-state index in [4.69, 9.17) is 4.74 Å². The molecule has 0 aromatic heterocycles. The molecule has 1 aromatic rings. The van der Waals surface area contributed by atoms with Crippen LogP contribution in [-0.4, -0.2) is 22.9 Å². The van der Waals surface area contributed by atoms with Crippen LogP contribution >= 0.6 is 0 Å². The normalized spacial score (nSPS) is 20.2. The van der Waals surface area contributed by atoms with E-state index < -0.39 is 12.1 Å². The van der Waals surface area contributed by atoms with E-state index in [1.807, 2.05) is 30.3 Å². The molecular formula is C14H15NO3. The molecule has 0 fully saturated rings. The van der Waals surface area contributed by atoms with Crippen molar-refractivity contribution < 1.29 is 14.6 Å². The summed E-state index contributed by atoms with van der Waals surface area (Å²) >= 11 is 0. The molecule has 18 heavy (non-hydrogen) atoms. The van der Waals surface area contributed by atoms with Crippen molar-refractivity contribution in [2.45, 2.75) is 26.5 Å². The van der Waals surface area contributed by atoms with Gasteiger partial charge < -0.3 is 9.84 Å². The molecule has 0 saturated heterocycles. The van der Waals surface area contributed by atoms with Crippen LogP contribution < -0.4 is 0 Å². The zero-order valence-electron chi connectivity index (χ0n) is 10.4. The van der Waals surface area contributed by atoms with E-state index in [0.717, 1.165) is 5.56 Å². The van der Waals surface area contributed by atoms with Crippen LogP contribution in [0.25, 0.3) is 0 Å². The first-order valence-corrected chi connectivity index (χ1v) is 5.79. The lowest BCUT2D eigenvalue weighted by atomic mass is 10.1. The van der Waals surface area contributed by atoms with Crippen LogP contribution in [0.4, 0.5) is 0 Å². The standard InChI is InChI=1S/C14H15NO3/c1-9(12-13(16)10(2)18-14(12)17)15-8-11-6-4-3-5-7-11/h3-7,10,16H,8H2,1-2H3/t10-/m1/s1. The lowest BCUT2D eigenvalue weighted by Crippen LogP contribution is -2.08. The minimum absolute atomic E-state index is 0.0330. The molecule has 1 aliphatic heterocycles. The summed E-state index contributed by atoms with van der Waals surface area (Å²) < 4.78 is 4.92. The maximum absolute atomic E-state index is 11.5. The quantitative estimate of drug-likeness (QED) is 0.657. The molecule has 0 radical (unpaired) electrons. The zero-order valence-corrected chi connectivity index (χ0v) is 10.4. The topological polar surface area (TPSA) is 58.9 Å². The largest absolute Gasteiger partial charge is 0.507 e. The molecule has 0 saturated carbocycles. The van der Waals surface area contributed by atoms with Crippen LogP contribution in [0, 0.1) is 0 Å². The number of nitrogens with zero attached hydrogens (tertiary/aromatic N) is 1. The molecule has 0 spiro atoms. The molecule has 1 aromatic carbocycles. The summed E-state index contributed by atoms with van der Waals surface area (Å²) in [7, 11) is 0. The van der Waals surface area contributed by atoms with Gasteiger partial charge in [0.25, 0.3) is 0 Å². The lowest BCUT2D eigenvalue weighted by molar-refractivity contribution is -0.139. The van der Waals surface area contributed by atoms with Gasteiger partial charge in [-0.2, -0.15) is 0 Å². The van der Waals surface area contributed by atoms with Crippen LogP contribution in [0.5, 0.6) is 0 Å². The maximum atomic E-state index is 11.5. The van der Waals surface area contributed by atoms with E-state index >= 15 is 0 Å². The second-order valence-electron chi connectivity index (χ2n) is 4.20. The van der Waals surface area contributed by atoms with Crippen LogP contribution in [0.2, 0.25) is 0 Å². The van der Waals surface area contributed by atoms with Gasteiger partial charge in [-0.15, -0.1) is 0 Å². The van der Waals surface area contributed by atoms with Gasteiger partial charge in [-0.05, 0) is 19.4 Å². The molecule has 4 nitrogen and oxygen atoms in total. The molecule has 1 aliphatic rings. The monoisotopic (exact) mass is 245 g/mol. The van der Waals surface area contributed by atoms with Crippen molar-refractivity contribution >= 4 is 11.7 Å². The molecule has 4 heteroatoms. The Morgan fingerprint density at radius 1 is 1.39 bits per heavy atom. The number of aliphatic hydroxyl groups is 1. The first-order valence-electron chi connectivity index (χ1n) is 5.79. The number of carbonyl (C=O) groups is 1. The highest BCUT2D eigenvalue weighted by Crippen LogP contribution is 2.21. The second-order valence-corrected chi connectivity index (χ2v) is 4.20. The minimum Gasteiger partial charge on any atom is -0.507 e. The fourth-order valence-corrected chi connectivity index (χ4v) is 1.79. The van der Waals surface area contributed by atoms with Crippen molar-refractivity contribution in [3.63, 3.8) is 0 Å². The summed E-state index contributed by atoms with van der Waals surface area (Å²) in [5.41, 5.74) is 1.75. The summed E-state index contributed by atoms with van der Waals surface area (Å²) in [6.07, 6.45) is -0.575. The Bertz CT molecular complexity index is 517. The molecule has 1 atom stereocenters. The summed E-state index contributed by atoms with van der Waals surface area (Å²) in [6, 6.07) is 9.72. The van der Waals surface area contributed by atoms with Gasteiger partial charge in [0.05, 0.1) is 12.3 Å². The van der Waals surface area contributed by atoms with Crippen molar-refractivity contribution in [1.82, 2.24) is 0 Å². The maximum Gasteiger partial charge on any atom is 0.344 e. The Balaban J connectivity index is 2.17. The molecule has 0 aliphatic carbocycles. The third-order valence-corrected chi connectivity index (χ3v) is 2.83. The van der Waals surface area contributed by atoms with Crippen molar-refractivity contribution in [2.24, 2.45) is 4.99 Å².